The van der Waals surface area contributed by atoms with Crippen LogP contribution in [0.3, 0.4) is 0 Å². The van der Waals surface area contributed by atoms with Gasteiger partial charge in [0.2, 0.25) is 5.91 Å². The normalized spacial score (nSPS) is 22.2. The van der Waals surface area contributed by atoms with E-state index >= 15 is 0 Å². The SMILES string of the molecule is NC(=O)Cc1nc2c(C(F)(F)F)cccc2[nH]1.c1cc(COC2CCC3(CCOC3)NC2)ccn1. The van der Waals surface area contributed by atoms with Crippen LogP contribution < -0.4 is 11.1 Å². The summed E-state index contributed by atoms with van der Waals surface area (Å²) in [6, 6.07) is 7.68. The first kappa shape index (κ1) is 25.1. The maximum absolute atomic E-state index is 12.6. The molecule has 0 saturated carbocycles. The van der Waals surface area contributed by atoms with Crippen molar-refractivity contribution in [3.63, 3.8) is 0 Å². The van der Waals surface area contributed by atoms with E-state index in [2.05, 4.69) is 20.3 Å². The highest BCUT2D eigenvalue weighted by atomic mass is 19.4. The summed E-state index contributed by atoms with van der Waals surface area (Å²) in [4.78, 5) is 21.0. The third-order valence-electron chi connectivity index (χ3n) is 6.20. The Morgan fingerprint density at radius 3 is 2.66 bits per heavy atom. The van der Waals surface area contributed by atoms with E-state index < -0.39 is 17.6 Å². The Balaban J connectivity index is 0.000000165. The minimum atomic E-state index is -4.47. The first-order chi connectivity index (χ1) is 16.7. The van der Waals surface area contributed by atoms with Gasteiger partial charge in [-0.1, -0.05) is 6.07 Å². The number of imidazole rings is 1. The zero-order valence-electron chi connectivity index (χ0n) is 19.1. The van der Waals surface area contributed by atoms with Crippen LogP contribution in [0.2, 0.25) is 0 Å². The molecule has 4 heterocycles. The standard InChI is InChI=1S/C14H20N2O2.C10H8F3N3O/c1-4-14(5-8-17-11-14)16-9-13(1)18-10-12-2-6-15-7-3-12;11-10(12,13)5-2-1-3-6-9(5)16-8(15-6)4-7(14)17/h2-3,6-7,13,16H,1,4-5,8-11H2;1-3H,4H2,(H2,14,17)(H,15,16). The molecule has 0 aliphatic carbocycles. The van der Waals surface area contributed by atoms with Crippen molar-refractivity contribution in [3.05, 3.63) is 59.7 Å². The molecule has 2 unspecified atom stereocenters. The molecule has 4 N–H and O–H groups in total. The van der Waals surface area contributed by atoms with E-state index in [0.29, 0.717) is 12.7 Å². The van der Waals surface area contributed by atoms with E-state index in [0.717, 1.165) is 45.1 Å². The predicted octanol–water partition coefficient (Wildman–Crippen LogP) is 3.12. The second-order valence-corrected chi connectivity index (χ2v) is 8.82. The van der Waals surface area contributed by atoms with Gasteiger partial charge in [-0.25, -0.2) is 4.98 Å². The number of hydrogen-bond acceptors (Lipinski definition) is 6. The molecule has 2 aliphatic heterocycles. The van der Waals surface area contributed by atoms with Crippen molar-refractivity contribution in [2.75, 3.05) is 19.8 Å². The summed E-state index contributed by atoms with van der Waals surface area (Å²) < 4.78 is 49.4. The smallest absolute Gasteiger partial charge is 0.379 e. The highest BCUT2D eigenvalue weighted by molar-refractivity contribution is 5.81. The van der Waals surface area contributed by atoms with Crippen molar-refractivity contribution in [3.8, 4) is 0 Å². The van der Waals surface area contributed by atoms with Gasteiger partial charge in [-0.15, -0.1) is 0 Å². The Hall–Kier alpha value is -3.02. The van der Waals surface area contributed by atoms with Gasteiger partial charge in [0.1, 0.15) is 11.3 Å². The highest BCUT2D eigenvalue weighted by Gasteiger charge is 2.38. The van der Waals surface area contributed by atoms with E-state index in [9.17, 15) is 18.0 Å². The van der Waals surface area contributed by atoms with E-state index in [4.69, 9.17) is 15.2 Å². The number of ether oxygens (including phenoxy) is 2. The maximum atomic E-state index is 12.6. The summed E-state index contributed by atoms with van der Waals surface area (Å²) in [5, 5.41) is 3.62. The predicted molar refractivity (Wildman–Crippen MR) is 122 cm³/mol. The van der Waals surface area contributed by atoms with Crippen LogP contribution in [-0.4, -0.2) is 52.3 Å². The number of alkyl halides is 3. The van der Waals surface area contributed by atoms with E-state index in [1.807, 2.05) is 24.5 Å². The number of nitrogens with one attached hydrogen (secondary N) is 2. The number of halogens is 3. The Morgan fingerprint density at radius 2 is 2.03 bits per heavy atom. The Bertz CT molecular complexity index is 1120. The van der Waals surface area contributed by atoms with Gasteiger partial charge in [-0.05, 0) is 49.1 Å². The molecule has 188 valence electrons. The second kappa shape index (κ2) is 10.7. The van der Waals surface area contributed by atoms with Gasteiger partial charge in [-0.3, -0.25) is 9.78 Å². The number of carbonyl (C=O) groups excluding carboxylic acids is 1. The monoisotopic (exact) mass is 491 g/mol. The summed E-state index contributed by atoms with van der Waals surface area (Å²) >= 11 is 0. The third-order valence-corrected chi connectivity index (χ3v) is 6.20. The van der Waals surface area contributed by atoms with Crippen LogP contribution in [-0.2, 0) is 33.5 Å². The molecule has 2 fully saturated rings. The zero-order valence-corrected chi connectivity index (χ0v) is 19.1. The van der Waals surface area contributed by atoms with Crippen LogP contribution in [0.4, 0.5) is 13.2 Å². The molecule has 1 spiro atoms. The lowest BCUT2D eigenvalue weighted by Gasteiger charge is -2.37. The number of H-pyrrole nitrogens is 1. The topological polar surface area (TPSA) is 115 Å². The molecule has 8 nitrogen and oxygen atoms in total. The van der Waals surface area contributed by atoms with Gasteiger partial charge in [0.15, 0.2) is 0 Å². The van der Waals surface area contributed by atoms with Crippen molar-refractivity contribution in [1.82, 2.24) is 20.3 Å². The molecule has 2 aromatic heterocycles. The minimum absolute atomic E-state index is 0.129. The summed E-state index contributed by atoms with van der Waals surface area (Å²) in [5.41, 5.74) is 5.59. The number of aromatic nitrogens is 3. The zero-order chi connectivity index (χ0) is 24.9. The van der Waals surface area contributed by atoms with Crippen molar-refractivity contribution < 1.29 is 27.4 Å². The molecule has 0 bridgehead atoms. The lowest BCUT2D eigenvalue weighted by molar-refractivity contribution is -0.136. The first-order valence-electron chi connectivity index (χ1n) is 11.4. The van der Waals surface area contributed by atoms with Crippen molar-refractivity contribution in [1.29, 1.82) is 0 Å². The van der Waals surface area contributed by atoms with E-state index in [1.54, 1.807) is 0 Å². The highest BCUT2D eigenvalue weighted by Crippen LogP contribution is 2.33. The number of para-hydroxylation sites is 1. The molecule has 5 rings (SSSR count). The number of primary amides is 1. The van der Waals surface area contributed by atoms with Gasteiger partial charge >= 0.3 is 6.18 Å². The molecule has 2 atom stereocenters. The number of hydrogen-bond donors (Lipinski definition) is 3. The number of pyridine rings is 1. The lowest BCUT2D eigenvalue weighted by Crippen LogP contribution is -2.53. The number of carbonyl (C=O) groups is 1. The van der Waals surface area contributed by atoms with Gasteiger partial charge in [0, 0.05) is 31.1 Å². The van der Waals surface area contributed by atoms with Crippen molar-refractivity contribution in [2.45, 2.75) is 50.1 Å². The molecule has 2 saturated heterocycles. The molecule has 1 amide bonds. The number of rotatable bonds is 5. The van der Waals surface area contributed by atoms with Crippen LogP contribution in [0.15, 0.2) is 42.7 Å². The summed E-state index contributed by atoms with van der Waals surface area (Å²) in [7, 11) is 0. The Kier molecular flexibility index (Phi) is 7.68. The molecule has 3 aromatic rings. The van der Waals surface area contributed by atoms with Crippen LogP contribution in [0, 0.1) is 0 Å². The summed E-state index contributed by atoms with van der Waals surface area (Å²) in [6.07, 6.45) is 2.68. The Labute approximate surface area is 200 Å². The molecule has 0 radical (unpaired) electrons. The van der Waals surface area contributed by atoms with Gasteiger partial charge in [-0.2, -0.15) is 13.2 Å². The van der Waals surface area contributed by atoms with Crippen molar-refractivity contribution in [2.24, 2.45) is 5.73 Å². The number of nitrogens with zero attached hydrogens (tertiary/aromatic N) is 2. The number of nitrogens with two attached hydrogens (primary N) is 1. The summed E-state index contributed by atoms with van der Waals surface area (Å²) in [6.45, 7) is 3.38. The van der Waals surface area contributed by atoms with Gasteiger partial charge in [0.25, 0.3) is 0 Å². The molecule has 2 aliphatic rings. The molecule has 11 heteroatoms. The molecular formula is C24H28F3N5O3. The fourth-order valence-corrected chi connectivity index (χ4v) is 4.30. The largest absolute Gasteiger partial charge is 0.418 e. The first-order valence-corrected chi connectivity index (χ1v) is 11.4. The minimum Gasteiger partial charge on any atom is -0.379 e. The third kappa shape index (κ3) is 6.56. The van der Waals surface area contributed by atoms with Crippen LogP contribution in [0.25, 0.3) is 11.0 Å². The molecule has 35 heavy (non-hydrogen) atoms. The fourth-order valence-electron chi connectivity index (χ4n) is 4.30. The van der Waals surface area contributed by atoms with Crippen molar-refractivity contribution >= 4 is 16.9 Å². The molecule has 1 aromatic carbocycles. The number of benzene rings is 1. The van der Waals surface area contributed by atoms with Crippen LogP contribution >= 0.6 is 0 Å². The second-order valence-electron chi connectivity index (χ2n) is 8.82. The maximum Gasteiger partial charge on any atom is 0.418 e. The molecular weight excluding hydrogens is 463 g/mol. The average Bonchev–Trinajstić information content (AvgIpc) is 3.45. The summed E-state index contributed by atoms with van der Waals surface area (Å²) in [5.74, 6) is -0.526. The van der Waals surface area contributed by atoms with Gasteiger partial charge in [0.05, 0.1) is 36.8 Å². The van der Waals surface area contributed by atoms with Gasteiger partial charge < -0.3 is 25.5 Å². The number of aromatic amines is 1. The number of fused-ring (bicyclic) bond motifs is 1. The fraction of sp³-hybridized carbons (Fsp3) is 0.458. The number of piperidine rings is 1. The van der Waals surface area contributed by atoms with E-state index in [-0.39, 0.29) is 28.8 Å². The Morgan fingerprint density at radius 1 is 1.23 bits per heavy atom. The van der Waals surface area contributed by atoms with E-state index in [1.165, 1.54) is 17.7 Å². The van der Waals surface area contributed by atoms with Crippen LogP contribution in [0.1, 0.15) is 36.2 Å². The quantitative estimate of drug-likeness (QED) is 0.505. The number of amides is 1. The average molecular weight is 492 g/mol. The lowest BCUT2D eigenvalue weighted by atomic mass is 9.87. The van der Waals surface area contributed by atoms with Crippen LogP contribution in [0.5, 0.6) is 0 Å².